The molecule has 0 spiro atoms. The molecule has 0 aliphatic heterocycles. The summed E-state index contributed by atoms with van der Waals surface area (Å²) in [5.74, 6) is -0.646. The molecule has 0 aliphatic rings. The molecule has 0 fully saturated rings. The maximum absolute atomic E-state index is 11.7. The van der Waals surface area contributed by atoms with E-state index < -0.39 is 22.5 Å². The Kier molecular flexibility index (Phi) is 7.79. The number of aryl methyl sites for hydroxylation is 1. The number of rotatable bonds is 9. The fraction of sp³-hybridized carbons (Fsp3) is 0.400. The number of benzene rings is 1. The minimum Gasteiger partial charge on any atom is -0.462 e. The minimum absolute atomic E-state index is 0.105. The summed E-state index contributed by atoms with van der Waals surface area (Å²) < 4.78 is 35.4. The van der Waals surface area contributed by atoms with Gasteiger partial charge in [-0.2, -0.15) is 0 Å². The summed E-state index contributed by atoms with van der Waals surface area (Å²) in [6.07, 6.45) is 1.46. The number of hydrogen-bond acceptors (Lipinski definition) is 5. The van der Waals surface area contributed by atoms with E-state index in [0.29, 0.717) is 13.2 Å². The monoisotopic (exact) mass is 327 g/mol. The Bertz CT molecular complexity index is 593. The fourth-order valence-corrected chi connectivity index (χ4v) is 2.21. The number of ether oxygens (including phenoxy) is 2. The number of nitrogens with one attached hydrogen (secondary N) is 1. The second-order valence-electron chi connectivity index (χ2n) is 4.50. The number of hydrogen-bond donors (Lipinski definition) is 1. The summed E-state index contributed by atoms with van der Waals surface area (Å²) in [6, 6.07) is 7.39. The molecule has 1 N–H and O–H groups in total. The topological polar surface area (TPSA) is 81.7 Å². The SMILES string of the molecule is CCOCCOC(=O)CNS(=O)(=O)/C=C/c1ccc(C)cc1. The molecule has 0 amide bonds. The summed E-state index contributed by atoms with van der Waals surface area (Å²) in [4.78, 5) is 11.3. The van der Waals surface area contributed by atoms with Crippen LogP contribution < -0.4 is 4.72 Å². The molecule has 22 heavy (non-hydrogen) atoms. The van der Waals surface area contributed by atoms with Gasteiger partial charge in [-0.15, -0.1) is 0 Å². The standard InChI is InChI=1S/C15H21NO5S/c1-3-20-9-10-21-15(17)12-16-22(18,19)11-8-14-6-4-13(2)5-7-14/h4-8,11,16H,3,9-10,12H2,1-2H3/b11-8+. The largest absolute Gasteiger partial charge is 0.462 e. The second-order valence-corrected chi connectivity index (χ2v) is 6.15. The van der Waals surface area contributed by atoms with Gasteiger partial charge in [0.15, 0.2) is 0 Å². The van der Waals surface area contributed by atoms with Gasteiger partial charge in [-0.05, 0) is 25.5 Å². The molecule has 1 aromatic carbocycles. The smallest absolute Gasteiger partial charge is 0.321 e. The van der Waals surface area contributed by atoms with Crippen molar-refractivity contribution in [3.8, 4) is 0 Å². The average molecular weight is 327 g/mol. The molecular formula is C15H21NO5S. The highest BCUT2D eigenvalue weighted by atomic mass is 32.2. The Balaban J connectivity index is 2.40. The van der Waals surface area contributed by atoms with E-state index in [1.807, 2.05) is 38.1 Å². The number of esters is 1. The van der Waals surface area contributed by atoms with Crippen LogP contribution in [0.15, 0.2) is 29.7 Å². The van der Waals surface area contributed by atoms with Crippen molar-refractivity contribution in [2.24, 2.45) is 0 Å². The summed E-state index contributed by atoms with van der Waals surface area (Å²) in [6.45, 7) is 4.30. The molecule has 0 aromatic heterocycles. The molecule has 0 saturated carbocycles. The van der Waals surface area contributed by atoms with Gasteiger partial charge in [0.1, 0.15) is 13.2 Å². The third-order valence-electron chi connectivity index (χ3n) is 2.63. The zero-order valence-corrected chi connectivity index (χ0v) is 13.6. The molecule has 1 aromatic rings. The average Bonchev–Trinajstić information content (AvgIpc) is 2.49. The quantitative estimate of drug-likeness (QED) is 0.548. The van der Waals surface area contributed by atoms with Crippen LogP contribution >= 0.6 is 0 Å². The van der Waals surface area contributed by atoms with Gasteiger partial charge in [0, 0.05) is 12.0 Å². The van der Waals surface area contributed by atoms with Gasteiger partial charge >= 0.3 is 5.97 Å². The first-order chi connectivity index (χ1) is 10.4. The van der Waals surface area contributed by atoms with Gasteiger partial charge in [0.25, 0.3) is 0 Å². The van der Waals surface area contributed by atoms with Crippen LogP contribution in [0.1, 0.15) is 18.1 Å². The van der Waals surface area contributed by atoms with Crippen molar-refractivity contribution in [2.75, 3.05) is 26.4 Å². The number of carbonyl (C=O) groups excluding carboxylic acids is 1. The van der Waals surface area contributed by atoms with E-state index in [4.69, 9.17) is 9.47 Å². The van der Waals surface area contributed by atoms with Crippen LogP contribution in [0.3, 0.4) is 0 Å². The minimum atomic E-state index is -3.68. The van der Waals surface area contributed by atoms with Crippen molar-refractivity contribution < 1.29 is 22.7 Å². The molecule has 7 heteroatoms. The maximum atomic E-state index is 11.7. The summed E-state index contributed by atoms with van der Waals surface area (Å²) in [5.41, 5.74) is 1.85. The van der Waals surface area contributed by atoms with Crippen molar-refractivity contribution in [1.29, 1.82) is 0 Å². The highest BCUT2D eigenvalue weighted by molar-refractivity contribution is 7.92. The van der Waals surface area contributed by atoms with Gasteiger partial charge in [-0.25, -0.2) is 13.1 Å². The molecule has 0 unspecified atom stereocenters. The third-order valence-corrected chi connectivity index (χ3v) is 3.67. The van der Waals surface area contributed by atoms with E-state index in [0.717, 1.165) is 16.5 Å². The second kappa shape index (κ2) is 9.34. The molecule has 0 heterocycles. The van der Waals surface area contributed by atoms with Crippen LogP contribution in [0.5, 0.6) is 0 Å². The summed E-state index contributed by atoms with van der Waals surface area (Å²) >= 11 is 0. The zero-order valence-electron chi connectivity index (χ0n) is 12.7. The Morgan fingerprint density at radius 3 is 2.55 bits per heavy atom. The molecule has 0 saturated heterocycles. The first-order valence-corrected chi connectivity index (χ1v) is 8.45. The van der Waals surface area contributed by atoms with Crippen LogP contribution in [0.25, 0.3) is 6.08 Å². The van der Waals surface area contributed by atoms with Crippen LogP contribution in [0.4, 0.5) is 0 Å². The van der Waals surface area contributed by atoms with Crippen LogP contribution in [0.2, 0.25) is 0 Å². The Morgan fingerprint density at radius 2 is 1.91 bits per heavy atom. The molecule has 0 atom stereocenters. The number of sulfonamides is 1. The Hall–Kier alpha value is -1.70. The van der Waals surface area contributed by atoms with Crippen LogP contribution in [-0.4, -0.2) is 40.8 Å². The molecule has 0 radical (unpaired) electrons. The lowest BCUT2D eigenvalue weighted by Crippen LogP contribution is -2.29. The molecule has 0 aliphatic carbocycles. The van der Waals surface area contributed by atoms with Crippen molar-refractivity contribution >= 4 is 22.1 Å². The van der Waals surface area contributed by atoms with Gasteiger partial charge in [0.2, 0.25) is 10.0 Å². The zero-order chi connectivity index (χ0) is 16.4. The fourth-order valence-electron chi connectivity index (χ4n) is 1.46. The van der Waals surface area contributed by atoms with E-state index in [9.17, 15) is 13.2 Å². The Labute approximate surface area is 131 Å². The van der Waals surface area contributed by atoms with Crippen molar-refractivity contribution in [2.45, 2.75) is 13.8 Å². The van der Waals surface area contributed by atoms with Gasteiger partial charge in [-0.3, -0.25) is 4.79 Å². The third kappa shape index (κ3) is 7.92. The normalized spacial score (nSPS) is 11.7. The van der Waals surface area contributed by atoms with E-state index in [1.54, 1.807) is 0 Å². The summed E-state index contributed by atoms with van der Waals surface area (Å²) in [7, 11) is -3.68. The molecule has 1 rings (SSSR count). The van der Waals surface area contributed by atoms with Gasteiger partial charge < -0.3 is 9.47 Å². The van der Waals surface area contributed by atoms with E-state index in [2.05, 4.69) is 4.72 Å². The lowest BCUT2D eigenvalue weighted by molar-refractivity contribution is -0.143. The molecule has 122 valence electrons. The lowest BCUT2D eigenvalue weighted by Gasteiger charge is -2.05. The first-order valence-electron chi connectivity index (χ1n) is 6.91. The van der Waals surface area contributed by atoms with Crippen molar-refractivity contribution in [3.63, 3.8) is 0 Å². The van der Waals surface area contributed by atoms with Gasteiger partial charge in [-0.1, -0.05) is 29.8 Å². The number of carbonyl (C=O) groups is 1. The van der Waals surface area contributed by atoms with Crippen molar-refractivity contribution in [3.05, 3.63) is 40.8 Å². The van der Waals surface area contributed by atoms with E-state index >= 15 is 0 Å². The van der Waals surface area contributed by atoms with Crippen molar-refractivity contribution in [1.82, 2.24) is 4.72 Å². The molecule has 0 bridgehead atoms. The predicted octanol–water partition coefficient (Wildman–Crippen LogP) is 1.46. The van der Waals surface area contributed by atoms with Crippen LogP contribution in [0, 0.1) is 6.92 Å². The first kappa shape index (κ1) is 18.3. The van der Waals surface area contributed by atoms with Crippen LogP contribution in [-0.2, 0) is 24.3 Å². The Morgan fingerprint density at radius 1 is 1.23 bits per heavy atom. The highest BCUT2D eigenvalue weighted by Crippen LogP contribution is 2.05. The van der Waals surface area contributed by atoms with Gasteiger partial charge in [0.05, 0.1) is 6.61 Å². The predicted molar refractivity (Wildman–Crippen MR) is 84.6 cm³/mol. The summed E-state index contributed by atoms with van der Waals surface area (Å²) in [5, 5.41) is 1.02. The van der Waals surface area contributed by atoms with E-state index in [1.165, 1.54) is 6.08 Å². The molecule has 6 nitrogen and oxygen atoms in total. The molecular weight excluding hydrogens is 306 g/mol. The maximum Gasteiger partial charge on any atom is 0.321 e. The van der Waals surface area contributed by atoms with E-state index in [-0.39, 0.29) is 6.61 Å². The highest BCUT2D eigenvalue weighted by Gasteiger charge is 2.09. The lowest BCUT2D eigenvalue weighted by atomic mass is 10.2.